The second kappa shape index (κ2) is 16.4. The summed E-state index contributed by atoms with van der Waals surface area (Å²) in [6.45, 7) is 6.65. The minimum atomic E-state index is -0.869. The van der Waals surface area contributed by atoms with Gasteiger partial charge in [-0.15, -0.1) is 0 Å². The molecule has 4 unspecified atom stereocenters. The molecule has 0 saturated heterocycles. The van der Waals surface area contributed by atoms with Gasteiger partial charge in [-0.25, -0.2) is 0 Å². The SMILES string of the molecule is CC(=O)SC(CC(C)c1ccc(-c2ccccc2)cc1)C(=O)OC(=O)C(SC(C)=O)C(C)Cc1ccc(-c2ccccc2)cc1. The average molecular weight is 639 g/mol. The molecule has 0 aliphatic rings. The Bertz CT molecular complexity index is 1590. The van der Waals surface area contributed by atoms with E-state index in [4.69, 9.17) is 4.74 Å². The lowest BCUT2D eigenvalue weighted by atomic mass is 9.94. The number of ether oxygens (including phenoxy) is 1. The Balaban J connectivity index is 1.42. The first-order valence-electron chi connectivity index (χ1n) is 15.0. The lowest BCUT2D eigenvalue weighted by Crippen LogP contribution is -2.34. The van der Waals surface area contributed by atoms with Crippen molar-refractivity contribution in [3.63, 3.8) is 0 Å². The zero-order valence-corrected chi connectivity index (χ0v) is 27.6. The molecule has 0 N–H and O–H groups in total. The molecule has 0 aliphatic carbocycles. The van der Waals surface area contributed by atoms with E-state index in [0.29, 0.717) is 12.8 Å². The highest BCUT2D eigenvalue weighted by Crippen LogP contribution is 2.31. The molecule has 0 radical (unpaired) electrons. The molecule has 232 valence electrons. The number of carbonyl (C=O) groups excluding carboxylic acids is 4. The summed E-state index contributed by atoms with van der Waals surface area (Å²) in [6, 6.07) is 36.3. The van der Waals surface area contributed by atoms with Gasteiger partial charge in [-0.3, -0.25) is 19.2 Å². The van der Waals surface area contributed by atoms with Crippen LogP contribution in [0.2, 0.25) is 0 Å². The van der Waals surface area contributed by atoms with Gasteiger partial charge in [0.25, 0.3) is 0 Å². The molecule has 0 fully saturated rings. The van der Waals surface area contributed by atoms with Gasteiger partial charge in [-0.05, 0) is 58.1 Å². The van der Waals surface area contributed by atoms with Gasteiger partial charge in [-0.1, -0.05) is 147 Å². The Morgan fingerprint density at radius 2 is 1.07 bits per heavy atom. The van der Waals surface area contributed by atoms with Crippen LogP contribution in [0.1, 0.15) is 51.2 Å². The maximum atomic E-state index is 13.4. The summed E-state index contributed by atoms with van der Waals surface area (Å²) in [5.41, 5.74) is 6.41. The van der Waals surface area contributed by atoms with Gasteiger partial charge < -0.3 is 4.74 Å². The Kier molecular flexibility index (Phi) is 12.4. The zero-order valence-electron chi connectivity index (χ0n) is 26.0. The number of benzene rings is 4. The van der Waals surface area contributed by atoms with Gasteiger partial charge in [0.1, 0.15) is 10.5 Å². The van der Waals surface area contributed by atoms with Crippen molar-refractivity contribution in [3.05, 3.63) is 120 Å². The molecule has 5 nitrogen and oxygen atoms in total. The number of rotatable bonds is 12. The van der Waals surface area contributed by atoms with Crippen LogP contribution in [0, 0.1) is 5.92 Å². The average Bonchev–Trinajstić information content (AvgIpc) is 3.04. The highest BCUT2D eigenvalue weighted by molar-refractivity contribution is 8.15. The van der Waals surface area contributed by atoms with E-state index in [1.165, 1.54) is 13.8 Å². The standard InChI is InChI=1S/C38H38O5S2/c1-25(30-19-21-34(22-20-30)32-13-9-6-10-14-32)24-35(44-27(3)39)37(41)43-38(42)36(45-28(4)40)26(2)23-29-15-17-33(18-16-29)31-11-7-5-8-12-31/h5-22,25-26,35-36H,23-24H2,1-4H3. The minimum Gasteiger partial charge on any atom is -0.391 e. The molecule has 0 saturated carbocycles. The molecule has 4 aromatic rings. The minimum absolute atomic E-state index is 0.0745. The van der Waals surface area contributed by atoms with E-state index in [0.717, 1.165) is 56.9 Å². The monoisotopic (exact) mass is 638 g/mol. The topological polar surface area (TPSA) is 77.5 Å². The summed E-state index contributed by atoms with van der Waals surface area (Å²) < 4.78 is 5.40. The van der Waals surface area contributed by atoms with Crippen molar-refractivity contribution in [2.45, 2.75) is 57.0 Å². The van der Waals surface area contributed by atoms with Gasteiger partial charge in [-0.2, -0.15) is 0 Å². The number of thioether (sulfide) groups is 2. The van der Waals surface area contributed by atoms with Crippen molar-refractivity contribution < 1.29 is 23.9 Å². The van der Waals surface area contributed by atoms with Crippen LogP contribution in [0.25, 0.3) is 22.3 Å². The molecule has 7 heteroatoms. The van der Waals surface area contributed by atoms with Crippen LogP contribution in [0.3, 0.4) is 0 Å². The lowest BCUT2D eigenvalue weighted by Gasteiger charge is -2.23. The summed E-state index contributed by atoms with van der Waals surface area (Å²) in [4.78, 5) is 50.9. The van der Waals surface area contributed by atoms with Crippen LogP contribution in [-0.2, 0) is 30.3 Å². The van der Waals surface area contributed by atoms with Gasteiger partial charge in [0.15, 0.2) is 10.2 Å². The third-order valence-corrected chi connectivity index (χ3v) is 9.83. The number of esters is 2. The molecule has 0 amide bonds. The summed E-state index contributed by atoms with van der Waals surface area (Å²) in [5.74, 6) is -1.89. The van der Waals surface area contributed by atoms with Crippen molar-refractivity contribution in [1.29, 1.82) is 0 Å². The molecule has 4 rings (SSSR count). The fraction of sp³-hybridized carbons (Fsp3) is 0.263. The maximum Gasteiger partial charge on any atom is 0.327 e. The van der Waals surface area contributed by atoms with Crippen molar-refractivity contribution in [2.75, 3.05) is 0 Å². The largest absolute Gasteiger partial charge is 0.391 e. The molecule has 0 aromatic heterocycles. The van der Waals surface area contributed by atoms with E-state index in [-0.39, 0.29) is 22.1 Å². The van der Waals surface area contributed by atoms with Gasteiger partial charge in [0.2, 0.25) is 0 Å². The number of hydrogen-bond donors (Lipinski definition) is 0. The first kappa shape index (κ1) is 33.9. The second-order valence-electron chi connectivity index (χ2n) is 11.2. The van der Waals surface area contributed by atoms with Crippen LogP contribution in [0.15, 0.2) is 109 Å². The third kappa shape index (κ3) is 10.0. The fourth-order valence-electron chi connectivity index (χ4n) is 5.23. The predicted molar refractivity (Wildman–Crippen MR) is 185 cm³/mol. The normalized spacial score (nSPS) is 13.7. The van der Waals surface area contributed by atoms with Crippen molar-refractivity contribution >= 4 is 45.7 Å². The lowest BCUT2D eigenvalue weighted by molar-refractivity contribution is -0.159. The fourth-order valence-corrected chi connectivity index (χ4v) is 6.99. The van der Waals surface area contributed by atoms with E-state index in [9.17, 15) is 19.2 Å². The van der Waals surface area contributed by atoms with Gasteiger partial charge >= 0.3 is 11.9 Å². The zero-order chi connectivity index (χ0) is 32.3. The van der Waals surface area contributed by atoms with Crippen molar-refractivity contribution in [3.8, 4) is 22.3 Å². The summed E-state index contributed by atoms with van der Waals surface area (Å²) in [7, 11) is 0. The Morgan fingerprint density at radius 1 is 0.600 bits per heavy atom. The molecular formula is C38H38O5S2. The maximum absolute atomic E-state index is 13.4. The molecular weight excluding hydrogens is 601 g/mol. The summed E-state index contributed by atoms with van der Waals surface area (Å²) in [6.07, 6.45) is 0.833. The summed E-state index contributed by atoms with van der Waals surface area (Å²) in [5, 5.41) is -2.21. The Labute approximate surface area is 274 Å². The van der Waals surface area contributed by atoms with Crippen molar-refractivity contribution in [2.24, 2.45) is 5.92 Å². The first-order chi connectivity index (χ1) is 21.6. The molecule has 0 bridgehead atoms. The number of hydrogen-bond acceptors (Lipinski definition) is 7. The van der Waals surface area contributed by atoms with Crippen LogP contribution >= 0.6 is 23.5 Å². The summed E-state index contributed by atoms with van der Waals surface area (Å²) >= 11 is 1.74. The van der Waals surface area contributed by atoms with E-state index in [2.05, 4.69) is 0 Å². The van der Waals surface area contributed by atoms with Gasteiger partial charge in [0, 0.05) is 13.8 Å². The van der Waals surface area contributed by atoms with Crippen molar-refractivity contribution in [1.82, 2.24) is 0 Å². The van der Waals surface area contributed by atoms with E-state index < -0.39 is 22.4 Å². The van der Waals surface area contributed by atoms with Gasteiger partial charge in [0.05, 0.1) is 0 Å². The van der Waals surface area contributed by atoms with Crippen LogP contribution in [0.5, 0.6) is 0 Å². The molecule has 0 spiro atoms. The highest BCUT2D eigenvalue weighted by atomic mass is 32.2. The quantitative estimate of drug-likeness (QED) is 0.113. The smallest absolute Gasteiger partial charge is 0.327 e. The Hall–Kier alpha value is -3.94. The predicted octanol–water partition coefficient (Wildman–Crippen LogP) is 8.76. The molecule has 0 heterocycles. The van der Waals surface area contributed by atoms with Crippen LogP contribution in [0.4, 0.5) is 0 Å². The first-order valence-corrected chi connectivity index (χ1v) is 16.8. The Morgan fingerprint density at radius 3 is 1.56 bits per heavy atom. The van der Waals surface area contributed by atoms with Crippen LogP contribution < -0.4 is 0 Å². The molecule has 45 heavy (non-hydrogen) atoms. The van der Waals surface area contributed by atoms with E-state index >= 15 is 0 Å². The second-order valence-corrected chi connectivity index (χ2v) is 13.9. The van der Waals surface area contributed by atoms with E-state index in [1.807, 2.05) is 123 Å². The van der Waals surface area contributed by atoms with E-state index in [1.54, 1.807) is 0 Å². The highest BCUT2D eigenvalue weighted by Gasteiger charge is 2.34. The third-order valence-electron chi connectivity index (χ3n) is 7.59. The molecule has 0 aliphatic heterocycles. The molecule has 4 atom stereocenters. The van der Waals surface area contributed by atoms with Crippen LogP contribution in [-0.4, -0.2) is 32.7 Å². The number of carbonyl (C=O) groups is 4. The molecule has 4 aromatic carbocycles.